The summed E-state index contributed by atoms with van der Waals surface area (Å²) in [5, 5.41) is 3.67. The molecule has 0 aromatic rings. The van der Waals surface area contributed by atoms with Crippen LogP contribution >= 0.6 is 11.8 Å². The van der Waals surface area contributed by atoms with E-state index in [1.165, 1.54) is 50.2 Å². The normalized spacial score (nSPS) is 18.4. The van der Waals surface area contributed by atoms with Gasteiger partial charge in [-0.2, -0.15) is 11.8 Å². The van der Waals surface area contributed by atoms with E-state index in [0.717, 1.165) is 12.0 Å². The highest BCUT2D eigenvalue weighted by molar-refractivity contribution is 7.99. The molecule has 0 amide bonds. The van der Waals surface area contributed by atoms with Crippen LogP contribution in [-0.2, 0) is 0 Å². The number of rotatable bonds is 9. The van der Waals surface area contributed by atoms with Crippen molar-refractivity contribution >= 4 is 11.8 Å². The minimum Gasteiger partial charge on any atom is -0.313 e. The van der Waals surface area contributed by atoms with Crippen molar-refractivity contribution in [2.45, 2.75) is 52.0 Å². The van der Waals surface area contributed by atoms with E-state index in [1.807, 2.05) is 0 Å². The maximum Gasteiger partial charge on any atom is 0.0158 e. The van der Waals surface area contributed by atoms with Crippen LogP contribution in [0.15, 0.2) is 0 Å². The molecule has 1 atom stereocenters. The van der Waals surface area contributed by atoms with E-state index in [0.29, 0.717) is 0 Å². The Bertz CT molecular complexity index is 126. The fraction of sp³-hybridized carbons (Fsp3) is 1.00. The molecule has 1 nitrogen and oxygen atoms in total. The van der Waals surface area contributed by atoms with Crippen LogP contribution in [0.3, 0.4) is 0 Å². The summed E-state index contributed by atoms with van der Waals surface area (Å²) in [7, 11) is 0. The summed E-state index contributed by atoms with van der Waals surface area (Å²) >= 11 is 2.08. The zero-order valence-electron chi connectivity index (χ0n) is 9.72. The van der Waals surface area contributed by atoms with Gasteiger partial charge in [0, 0.05) is 11.8 Å². The highest BCUT2D eigenvalue weighted by Gasteiger charge is 2.22. The molecule has 1 saturated carbocycles. The molecular weight excluding hydrogens is 190 g/mol. The topological polar surface area (TPSA) is 12.0 Å². The summed E-state index contributed by atoms with van der Waals surface area (Å²) in [6.45, 7) is 5.69. The van der Waals surface area contributed by atoms with Crippen LogP contribution in [0.2, 0.25) is 0 Å². The van der Waals surface area contributed by atoms with Gasteiger partial charge >= 0.3 is 0 Å². The fourth-order valence-corrected chi connectivity index (χ4v) is 2.50. The second kappa shape index (κ2) is 7.58. The van der Waals surface area contributed by atoms with Crippen molar-refractivity contribution in [3.05, 3.63) is 0 Å². The van der Waals surface area contributed by atoms with Crippen molar-refractivity contribution in [3.63, 3.8) is 0 Å². The zero-order valence-corrected chi connectivity index (χ0v) is 10.5. The maximum absolute atomic E-state index is 3.67. The fourth-order valence-electron chi connectivity index (χ4n) is 1.70. The zero-order chi connectivity index (χ0) is 10.2. The van der Waals surface area contributed by atoms with Gasteiger partial charge < -0.3 is 5.32 Å². The van der Waals surface area contributed by atoms with Crippen LogP contribution < -0.4 is 5.32 Å². The Morgan fingerprint density at radius 1 is 1.36 bits per heavy atom. The summed E-state index contributed by atoms with van der Waals surface area (Å²) in [6.07, 6.45) is 7.13. The highest BCUT2D eigenvalue weighted by Crippen LogP contribution is 2.34. The van der Waals surface area contributed by atoms with Crippen molar-refractivity contribution in [3.8, 4) is 0 Å². The first-order chi connectivity index (χ1) is 6.86. The summed E-state index contributed by atoms with van der Waals surface area (Å²) in [5.41, 5.74) is 0. The Balaban J connectivity index is 2.05. The molecule has 0 aliphatic heterocycles. The van der Waals surface area contributed by atoms with Crippen molar-refractivity contribution in [2.24, 2.45) is 5.92 Å². The number of thioether (sulfide) groups is 1. The van der Waals surface area contributed by atoms with Gasteiger partial charge in [-0.1, -0.05) is 26.7 Å². The number of hydrogen-bond donors (Lipinski definition) is 1. The average molecular weight is 215 g/mol. The van der Waals surface area contributed by atoms with E-state index < -0.39 is 0 Å². The van der Waals surface area contributed by atoms with Gasteiger partial charge in [-0.05, 0) is 37.5 Å². The Labute approximate surface area is 93.4 Å². The van der Waals surface area contributed by atoms with Crippen LogP contribution in [-0.4, -0.2) is 24.1 Å². The molecule has 1 aliphatic carbocycles. The minimum atomic E-state index is 0.778. The van der Waals surface area contributed by atoms with Gasteiger partial charge in [-0.25, -0.2) is 0 Å². The van der Waals surface area contributed by atoms with Gasteiger partial charge in [0.2, 0.25) is 0 Å². The second-order valence-corrected chi connectivity index (χ2v) is 5.65. The van der Waals surface area contributed by atoms with Crippen LogP contribution in [0, 0.1) is 5.92 Å². The molecular formula is C12H25NS. The lowest BCUT2D eigenvalue weighted by molar-refractivity contribution is 0.489. The average Bonchev–Trinajstić information content (AvgIpc) is 3.00. The molecule has 0 saturated heterocycles. The molecule has 0 aromatic carbocycles. The molecule has 0 radical (unpaired) electrons. The number of nitrogens with one attached hydrogen (secondary N) is 1. The molecule has 0 bridgehead atoms. The lowest BCUT2D eigenvalue weighted by Crippen LogP contribution is -2.32. The predicted octanol–water partition coefficient (Wildman–Crippen LogP) is 3.30. The van der Waals surface area contributed by atoms with E-state index in [-0.39, 0.29) is 0 Å². The molecule has 0 heterocycles. The van der Waals surface area contributed by atoms with Gasteiger partial charge in [-0.15, -0.1) is 0 Å². The number of hydrogen-bond acceptors (Lipinski definition) is 2. The van der Waals surface area contributed by atoms with Gasteiger partial charge in [0.05, 0.1) is 0 Å². The van der Waals surface area contributed by atoms with Crippen LogP contribution in [0.5, 0.6) is 0 Å². The Morgan fingerprint density at radius 3 is 2.71 bits per heavy atom. The lowest BCUT2D eigenvalue weighted by atomic mass is 10.1. The van der Waals surface area contributed by atoms with E-state index in [4.69, 9.17) is 0 Å². The third kappa shape index (κ3) is 5.92. The Kier molecular flexibility index (Phi) is 6.70. The summed E-state index contributed by atoms with van der Waals surface area (Å²) in [5.74, 6) is 3.66. The van der Waals surface area contributed by atoms with E-state index >= 15 is 0 Å². The molecule has 84 valence electrons. The Morgan fingerprint density at radius 2 is 2.14 bits per heavy atom. The molecule has 2 heteroatoms. The van der Waals surface area contributed by atoms with Crippen molar-refractivity contribution in [1.82, 2.24) is 5.32 Å². The van der Waals surface area contributed by atoms with Gasteiger partial charge in [-0.3, -0.25) is 0 Å². The first kappa shape index (κ1) is 12.4. The smallest absolute Gasteiger partial charge is 0.0158 e. The molecule has 1 fully saturated rings. The monoisotopic (exact) mass is 215 g/mol. The first-order valence-electron chi connectivity index (χ1n) is 6.18. The van der Waals surface area contributed by atoms with Crippen molar-refractivity contribution in [1.29, 1.82) is 0 Å². The SMILES string of the molecule is CCCNC(CCC1CC1)CSCC. The Hall–Kier alpha value is 0.310. The van der Waals surface area contributed by atoms with E-state index in [1.54, 1.807) is 0 Å². The van der Waals surface area contributed by atoms with Gasteiger partial charge in [0.15, 0.2) is 0 Å². The molecule has 1 rings (SSSR count). The minimum absolute atomic E-state index is 0.778. The summed E-state index contributed by atoms with van der Waals surface area (Å²) in [4.78, 5) is 0. The molecule has 1 aliphatic rings. The maximum atomic E-state index is 3.67. The molecule has 1 unspecified atom stereocenters. The van der Waals surface area contributed by atoms with E-state index in [9.17, 15) is 0 Å². The molecule has 1 N–H and O–H groups in total. The molecule has 0 spiro atoms. The third-order valence-corrected chi connectivity index (χ3v) is 3.87. The quantitative estimate of drug-likeness (QED) is 0.633. The standard InChI is InChI=1S/C12H25NS/c1-3-9-13-12(10-14-4-2)8-7-11-5-6-11/h11-13H,3-10H2,1-2H3. The third-order valence-electron chi connectivity index (χ3n) is 2.83. The molecule has 14 heavy (non-hydrogen) atoms. The predicted molar refractivity (Wildman–Crippen MR) is 67.0 cm³/mol. The van der Waals surface area contributed by atoms with Crippen molar-refractivity contribution in [2.75, 3.05) is 18.1 Å². The van der Waals surface area contributed by atoms with Crippen LogP contribution in [0.25, 0.3) is 0 Å². The van der Waals surface area contributed by atoms with Crippen LogP contribution in [0.4, 0.5) is 0 Å². The first-order valence-corrected chi connectivity index (χ1v) is 7.33. The highest BCUT2D eigenvalue weighted by atomic mass is 32.2. The summed E-state index contributed by atoms with van der Waals surface area (Å²) in [6, 6.07) is 0.778. The summed E-state index contributed by atoms with van der Waals surface area (Å²) < 4.78 is 0. The molecule has 0 aromatic heterocycles. The van der Waals surface area contributed by atoms with E-state index in [2.05, 4.69) is 30.9 Å². The van der Waals surface area contributed by atoms with Crippen LogP contribution in [0.1, 0.15) is 46.0 Å². The second-order valence-electron chi connectivity index (χ2n) is 4.33. The van der Waals surface area contributed by atoms with Gasteiger partial charge in [0.1, 0.15) is 0 Å². The van der Waals surface area contributed by atoms with Gasteiger partial charge in [0.25, 0.3) is 0 Å². The lowest BCUT2D eigenvalue weighted by Gasteiger charge is -2.17. The van der Waals surface area contributed by atoms with Crippen molar-refractivity contribution < 1.29 is 0 Å². The largest absolute Gasteiger partial charge is 0.313 e.